The van der Waals surface area contributed by atoms with E-state index in [2.05, 4.69) is 42.5 Å². The van der Waals surface area contributed by atoms with Crippen molar-refractivity contribution in [1.82, 2.24) is 5.06 Å². The van der Waals surface area contributed by atoms with Crippen molar-refractivity contribution in [2.45, 2.75) is 69.7 Å². The SMILES string of the molecule is O=C(O)ON1CC(OCCCOC2CCCCO2)C(c2ccc(OCCCOCc3ccccc3)cc2)C(OCc2ccc3ccccc3c2)C1. The Morgan fingerprint density at radius 1 is 0.725 bits per heavy atom. The number of nitrogens with zero attached hydrogens (tertiary/aromatic N) is 1. The fourth-order valence-electron chi connectivity index (χ4n) is 6.65. The lowest BCUT2D eigenvalue weighted by Gasteiger charge is -2.42. The van der Waals surface area contributed by atoms with E-state index in [1.54, 1.807) is 0 Å². The maximum atomic E-state index is 11.6. The second-order valence-electron chi connectivity index (χ2n) is 13.0. The summed E-state index contributed by atoms with van der Waals surface area (Å²) >= 11 is 0. The molecule has 1 N–H and O–H groups in total. The molecule has 0 spiro atoms. The molecular weight excluding hydrogens is 650 g/mol. The Hall–Kier alpha value is -4.03. The third-order valence-electron chi connectivity index (χ3n) is 9.19. The van der Waals surface area contributed by atoms with E-state index < -0.39 is 18.4 Å². The number of benzene rings is 4. The number of hydroxylamine groups is 2. The second-order valence-corrected chi connectivity index (χ2v) is 13.0. The van der Waals surface area contributed by atoms with Gasteiger partial charge in [-0.1, -0.05) is 78.9 Å². The maximum absolute atomic E-state index is 11.6. The van der Waals surface area contributed by atoms with Crippen LogP contribution in [-0.2, 0) is 41.7 Å². The Bertz CT molecular complexity index is 1610. The van der Waals surface area contributed by atoms with Gasteiger partial charge in [0.15, 0.2) is 6.29 Å². The van der Waals surface area contributed by atoms with Crippen LogP contribution in [-0.4, -0.2) is 80.9 Å². The summed E-state index contributed by atoms with van der Waals surface area (Å²) in [4.78, 5) is 16.8. The standard InChI is InChI=1S/C41H49NO9/c43-41(44)51-42-27-37(47-24-9-25-49-39-14-6-7-22-48-39)40(38(28-42)50-30-32-15-16-33-12-4-5-13-35(33)26-32)34-17-19-36(20-18-34)46-23-8-21-45-29-31-10-2-1-3-11-31/h1-5,10-13,15-20,26,37-40H,6-9,14,21-25,27-30H2,(H,43,44). The average Bonchev–Trinajstić information content (AvgIpc) is 3.16. The van der Waals surface area contributed by atoms with Gasteiger partial charge < -0.3 is 38.4 Å². The molecule has 0 aromatic heterocycles. The van der Waals surface area contributed by atoms with Crippen LogP contribution in [0, 0.1) is 0 Å². The Morgan fingerprint density at radius 2 is 1.47 bits per heavy atom. The molecule has 4 aromatic rings. The van der Waals surface area contributed by atoms with Crippen molar-refractivity contribution < 1.29 is 43.2 Å². The molecule has 0 amide bonds. The largest absolute Gasteiger partial charge is 0.525 e. The molecule has 2 fully saturated rings. The van der Waals surface area contributed by atoms with Crippen LogP contribution in [0.5, 0.6) is 5.75 Å². The van der Waals surface area contributed by atoms with Crippen molar-refractivity contribution in [2.75, 3.05) is 46.1 Å². The molecule has 4 atom stereocenters. The van der Waals surface area contributed by atoms with Crippen LogP contribution in [0.1, 0.15) is 54.7 Å². The van der Waals surface area contributed by atoms with E-state index in [0.717, 1.165) is 65.5 Å². The lowest BCUT2D eigenvalue weighted by Crippen LogP contribution is -2.53. The molecule has 0 radical (unpaired) electrons. The molecule has 4 aromatic carbocycles. The predicted molar refractivity (Wildman–Crippen MR) is 193 cm³/mol. The van der Waals surface area contributed by atoms with Gasteiger partial charge in [-0.3, -0.25) is 0 Å². The summed E-state index contributed by atoms with van der Waals surface area (Å²) in [6.07, 6.45) is 2.19. The van der Waals surface area contributed by atoms with E-state index in [1.807, 2.05) is 54.6 Å². The predicted octanol–water partition coefficient (Wildman–Crippen LogP) is 7.74. The van der Waals surface area contributed by atoms with Gasteiger partial charge in [-0.05, 0) is 71.3 Å². The highest BCUT2D eigenvalue weighted by molar-refractivity contribution is 5.82. The first-order valence-corrected chi connectivity index (χ1v) is 18.0. The molecule has 0 aliphatic carbocycles. The van der Waals surface area contributed by atoms with Crippen LogP contribution in [0.25, 0.3) is 10.8 Å². The van der Waals surface area contributed by atoms with Crippen LogP contribution < -0.4 is 4.74 Å². The molecule has 2 heterocycles. The summed E-state index contributed by atoms with van der Waals surface area (Å²) in [6, 6.07) is 32.6. The number of piperidine rings is 1. The quantitative estimate of drug-likeness (QED) is 0.104. The molecule has 2 aliphatic rings. The highest BCUT2D eigenvalue weighted by Crippen LogP contribution is 2.35. The highest BCUT2D eigenvalue weighted by Gasteiger charge is 2.41. The average molecular weight is 700 g/mol. The minimum Gasteiger partial charge on any atom is -0.494 e. The van der Waals surface area contributed by atoms with Crippen LogP contribution in [0.3, 0.4) is 0 Å². The fourth-order valence-corrected chi connectivity index (χ4v) is 6.65. The van der Waals surface area contributed by atoms with Crippen LogP contribution in [0.15, 0.2) is 97.1 Å². The normalized spacial score (nSPS) is 21.0. The van der Waals surface area contributed by atoms with Gasteiger partial charge in [-0.15, -0.1) is 5.06 Å². The molecule has 6 rings (SSSR count). The van der Waals surface area contributed by atoms with Gasteiger partial charge in [-0.25, -0.2) is 4.79 Å². The summed E-state index contributed by atoms with van der Waals surface area (Å²) in [7, 11) is 0. The molecule has 51 heavy (non-hydrogen) atoms. The molecule has 2 aliphatic heterocycles. The number of carboxylic acid groups (broad SMARTS) is 1. The minimum absolute atomic E-state index is 0.156. The van der Waals surface area contributed by atoms with Crippen molar-refractivity contribution in [3.05, 3.63) is 114 Å². The first-order valence-electron chi connectivity index (χ1n) is 18.0. The zero-order chi connectivity index (χ0) is 35.1. The molecule has 4 unspecified atom stereocenters. The summed E-state index contributed by atoms with van der Waals surface area (Å²) < 4.78 is 36.6. The van der Waals surface area contributed by atoms with Crippen molar-refractivity contribution in [2.24, 2.45) is 0 Å². The molecule has 0 bridgehead atoms. The van der Waals surface area contributed by atoms with E-state index in [9.17, 15) is 9.90 Å². The Balaban J connectivity index is 1.10. The van der Waals surface area contributed by atoms with Crippen LogP contribution in [0.4, 0.5) is 4.79 Å². The smallest absolute Gasteiger partial charge is 0.494 e. The third kappa shape index (κ3) is 11.5. The fraction of sp³-hybridized carbons (Fsp3) is 0.439. The lowest BCUT2D eigenvalue weighted by atomic mass is 9.85. The maximum Gasteiger partial charge on any atom is 0.525 e. The van der Waals surface area contributed by atoms with Crippen molar-refractivity contribution in [3.63, 3.8) is 0 Å². The number of rotatable bonds is 18. The van der Waals surface area contributed by atoms with Crippen molar-refractivity contribution in [1.29, 1.82) is 0 Å². The molecule has 272 valence electrons. The molecule has 10 nitrogen and oxygen atoms in total. The monoisotopic (exact) mass is 699 g/mol. The highest BCUT2D eigenvalue weighted by atomic mass is 16.8. The summed E-state index contributed by atoms with van der Waals surface area (Å²) in [5.41, 5.74) is 3.20. The molecule has 10 heteroatoms. The topological polar surface area (TPSA) is 105 Å². The molecule has 2 saturated heterocycles. The van der Waals surface area contributed by atoms with E-state index in [0.29, 0.717) is 46.1 Å². The Labute approximate surface area is 300 Å². The molecular formula is C41H49NO9. The van der Waals surface area contributed by atoms with E-state index in [-0.39, 0.29) is 25.3 Å². The number of hydrogen-bond donors (Lipinski definition) is 1. The zero-order valence-electron chi connectivity index (χ0n) is 29.1. The first kappa shape index (κ1) is 36.8. The molecule has 0 saturated carbocycles. The van der Waals surface area contributed by atoms with Crippen LogP contribution >= 0.6 is 0 Å². The third-order valence-corrected chi connectivity index (χ3v) is 9.19. The Morgan fingerprint density at radius 3 is 2.25 bits per heavy atom. The van der Waals surface area contributed by atoms with Gasteiger partial charge in [0.1, 0.15) is 5.75 Å². The number of hydrogen-bond acceptors (Lipinski definition) is 9. The van der Waals surface area contributed by atoms with Gasteiger partial charge in [-0.2, -0.15) is 0 Å². The van der Waals surface area contributed by atoms with Crippen molar-refractivity contribution >= 4 is 16.9 Å². The number of ether oxygens (including phenoxy) is 6. The van der Waals surface area contributed by atoms with E-state index in [1.165, 1.54) is 5.06 Å². The number of carbonyl (C=O) groups is 1. The second kappa shape index (κ2) is 19.5. The zero-order valence-corrected chi connectivity index (χ0v) is 29.1. The van der Waals surface area contributed by atoms with Gasteiger partial charge in [0.2, 0.25) is 0 Å². The Kier molecular flexibility index (Phi) is 14.1. The first-order chi connectivity index (χ1) is 25.1. The van der Waals surface area contributed by atoms with Gasteiger partial charge in [0.25, 0.3) is 0 Å². The van der Waals surface area contributed by atoms with E-state index >= 15 is 0 Å². The van der Waals surface area contributed by atoms with Gasteiger partial charge in [0.05, 0.1) is 58.3 Å². The van der Waals surface area contributed by atoms with E-state index in [4.69, 9.17) is 33.3 Å². The van der Waals surface area contributed by atoms with Crippen LogP contribution in [0.2, 0.25) is 0 Å². The minimum atomic E-state index is -1.37. The van der Waals surface area contributed by atoms with Gasteiger partial charge >= 0.3 is 6.16 Å². The summed E-state index contributed by atoms with van der Waals surface area (Å²) in [5.74, 6) is 0.573. The summed E-state index contributed by atoms with van der Waals surface area (Å²) in [5, 5.41) is 13.2. The van der Waals surface area contributed by atoms with Gasteiger partial charge in [0, 0.05) is 25.6 Å². The lowest BCUT2D eigenvalue weighted by molar-refractivity contribution is -0.201. The van der Waals surface area contributed by atoms with Crippen molar-refractivity contribution in [3.8, 4) is 5.75 Å². The number of fused-ring (bicyclic) bond motifs is 1. The summed E-state index contributed by atoms with van der Waals surface area (Å²) in [6.45, 7) is 4.28.